The zero-order valence-corrected chi connectivity index (χ0v) is 6.49. The number of aromatic nitrogens is 2. The predicted octanol–water partition coefficient (Wildman–Crippen LogP) is -0.129. The number of hydrogen-bond acceptors (Lipinski definition) is 4. The second kappa shape index (κ2) is 4.00. The Balaban J connectivity index is 2.39. The third-order valence-corrected chi connectivity index (χ3v) is 1.27. The summed E-state index contributed by atoms with van der Waals surface area (Å²) in [6, 6.07) is 1.91. The molecule has 0 spiro atoms. The van der Waals surface area contributed by atoms with E-state index < -0.39 is 0 Å². The summed E-state index contributed by atoms with van der Waals surface area (Å²) in [5.74, 6) is 0. The molecular formula is C7H12N4. The minimum Gasteiger partial charge on any atom is -0.316 e. The first-order chi connectivity index (χ1) is 5.29. The third-order valence-electron chi connectivity index (χ3n) is 1.27. The minimum absolute atomic E-state index is 0.0168. The number of nitrogens with one attached hydrogen (secondary N) is 1. The topological polar surface area (TPSA) is 63.8 Å². The molecule has 0 saturated carbocycles. The predicted molar refractivity (Wildman–Crippen MR) is 42.5 cm³/mol. The van der Waals surface area contributed by atoms with Gasteiger partial charge in [-0.05, 0) is 18.6 Å². The lowest BCUT2D eigenvalue weighted by atomic mass is 10.3. The van der Waals surface area contributed by atoms with Crippen LogP contribution in [0, 0.1) is 0 Å². The summed E-state index contributed by atoms with van der Waals surface area (Å²) in [6.07, 6.45) is 3.40. The van der Waals surface area contributed by atoms with Crippen LogP contribution >= 0.6 is 0 Å². The van der Waals surface area contributed by atoms with E-state index in [1.165, 1.54) is 0 Å². The highest BCUT2D eigenvalue weighted by Gasteiger charge is 1.93. The first-order valence-corrected chi connectivity index (χ1v) is 3.53. The maximum Gasteiger partial charge on any atom is 0.0541 e. The van der Waals surface area contributed by atoms with Gasteiger partial charge in [0, 0.05) is 12.7 Å². The van der Waals surface area contributed by atoms with Crippen LogP contribution in [-0.4, -0.2) is 16.4 Å². The van der Waals surface area contributed by atoms with E-state index in [4.69, 9.17) is 5.73 Å². The minimum atomic E-state index is 0.0168. The first-order valence-electron chi connectivity index (χ1n) is 3.53. The van der Waals surface area contributed by atoms with Crippen molar-refractivity contribution >= 4 is 0 Å². The molecule has 3 N–H and O–H groups in total. The maximum atomic E-state index is 5.49. The third kappa shape index (κ3) is 3.06. The molecule has 0 aliphatic rings. The van der Waals surface area contributed by atoms with Crippen molar-refractivity contribution < 1.29 is 0 Å². The largest absolute Gasteiger partial charge is 0.316 e. The quantitative estimate of drug-likeness (QED) is 0.592. The van der Waals surface area contributed by atoms with Crippen LogP contribution in [0.3, 0.4) is 0 Å². The lowest BCUT2D eigenvalue weighted by molar-refractivity contribution is 0.565. The van der Waals surface area contributed by atoms with Crippen molar-refractivity contribution in [1.82, 2.24) is 15.5 Å². The average Bonchev–Trinajstić information content (AvgIpc) is 2.03. The Kier molecular flexibility index (Phi) is 2.95. The molecule has 0 fully saturated rings. The first kappa shape index (κ1) is 8.10. The van der Waals surface area contributed by atoms with Crippen molar-refractivity contribution in [3.8, 4) is 0 Å². The van der Waals surface area contributed by atoms with Gasteiger partial charge in [-0.2, -0.15) is 10.2 Å². The van der Waals surface area contributed by atoms with Gasteiger partial charge >= 0.3 is 0 Å². The van der Waals surface area contributed by atoms with Gasteiger partial charge in [0.25, 0.3) is 0 Å². The fourth-order valence-electron chi connectivity index (χ4n) is 0.701. The Bertz CT molecular complexity index is 197. The maximum absolute atomic E-state index is 5.49. The summed E-state index contributed by atoms with van der Waals surface area (Å²) in [6.45, 7) is 2.64. The highest BCUT2D eigenvalue weighted by atomic mass is 15.1. The lowest BCUT2D eigenvalue weighted by Gasteiger charge is -2.06. The summed E-state index contributed by atoms with van der Waals surface area (Å²) < 4.78 is 0. The number of nitrogens with two attached hydrogens (primary N) is 1. The summed E-state index contributed by atoms with van der Waals surface area (Å²) in [7, 11) is 0. The molecule has 0 bridgehead atoms. The molecule has 1 rings (SSSR count). The molecule has 0 aliphatic heterocycles. The molecule has 1 aromatic heterocycles. The van der Waals surface area contributed by atoms with E-state index in [2.05, 4.69) is 15.5 Å². The smallest absolute Gasteiger partial charge is 0.0541 e. The monoisotopic (exact) mass is 152 g/mol. The van der Waals surface area contributed by atoms with Crippen molar-refractivity contribution in [2.24, 2.45) is 5.73 Å². The van der Waals surface area contributed by atoms with E-state index in [-0.39, 0.29) is 6.17 Å². The van der Waals surface area contributed by atoms with E-state index in [1.54, 1.807) is 12.4 Å². The van der Waals surface area contributed by atoms with Crippen LogP contribution in [0.2, 0.25) is 0 Å². The molecule has 1 atom stereocenters. The van der Waals surface area contributed by atoms with Gasteiger partial charge in [-0.25, -0.2) is 0 Å². The molecule has 0 radical (unpaired) electrons. The van der Waals surface area contributed by atoms with Crippen molar-refractivity contribution in [1.29, 1.82) is 0 Å². The normalized spacial score (nSPS) is 12.9. The van der Waals surface area contributed by atoms with Crippen LogP contribution in [0.4, 0.5) is 0 Å². The molecule has 1 unspecified atom stereocenters. The molecule has 11 heavy (non-hydrogen) atoms. The highest BCUT2D eigenvalue weighted by Crippen LogP contribution is 1.91. The fraction of sp³-hybridized carbons (Fsp3) is 0.429. The van der Waals surface area contributed by atoms with Crippen LogP contribution in [0.25, 0.3) is 0 Å². The molecule has 4 nitrogen and oxygen atoms in total. The molecule has 4 heteroatoms. The second-order valence-corrected chi connectivity index (χ2v) is 2.42. The number of hydrogen-bond donors (Lipinski definition) is 2. The fourth-order valence-corrected chi connectivity index (χ4v) is 0.701. The summed E-state index contributed by atoms with van der Waals surface area (Å²) >= 11 is 0. The SMILES string of the molecule is CC(N)NCc1ccnnc1. The number of rotatable bonds is 3. The Morgan fingerprint density at radius 2 is 2.45 bits per heavy atom. The summed E-state index contributed by atoms with van der Waals surface area (Å²) in [5.41, 5.74) is 6.59. The van der Waals surface area contributed by atoms with Crippen molar-refractivity contribution in [2.45, 2.75) is 19.6 Å². The molecule has 1 heterocycles. The van der Waals surface area contributed by atoms with Gasteiger partial charge in [0.05, 0.1) is 12.4 Å². The molecule has 0 aliphatic carbocycles. The Labute approximate surface area is 65.8 Å². The van der Waals surface area contributed by atoms with Gasteiger partial charge in [0.15, 0.2) is 0 Å². The van der Waals surface area contributed by atoms with E-state index >= 15 is 0 Å². The molecule has 1 aromatic rings. The van der Waals surface area contributed by atoms with Crippen LogP contribution in [-0.2, 0) is 6.54 Å². The average molecular weight is 152 g/mol. The van der Waals surface area contributed by atoms with Gasteiger partial charge in [0.1, 0.15) is 0 Å². The summed E-state index contributed by atoms with van der Waals surface area (Å²) in [4.78, 5) is 0. The van der Waals surface area contributed by atoms with Gasteiger partial charge < -0.3 is 5.73 Å². The van der Waals surface area contributed by atoms with Gasteiger partial charge in [-0.1, -0.05) is 0 Å². The standard InChI is InChI=1S/C7H12N4/c1-6(8)9-4-7-2-3-10-11-5-7/h2-3,5-6,9H,4,8H2,1H3. The van der Waals surface area contributed by atoms with E-state index in [0.717, 1.165) is 12.1 Å². The van der Waals surface area contributed by atoms with Gasteiger partial charge in [0.2, 0.25) is 0 Å². The Hall–Kier alpha value is -1.00. The lowest BCUT2D eigenvalue weighted by Crippen LogP contribution is -2.33. The zero-order chi connectivity index (χ0) is 8.10. The van der Waals surface area contributed by atoms with Crippen molar-refractivity contribution in [3.63, 3.8) is 0 Å². The van der Waals surface area contributed by atoms with Gasteiger partial charge in [-0.3, -0.25) is 5.32 Å². The molecular weight excluding hydrogens is 140 g/mol. The molecule has 0 saturated heterocycles. The van der Waals surface area contributed by atoms with E-state index in [0.29, 0.717) is 0 Å². The molecule has 0 aromatic carbocycles. The Morgan fingerprint density at radius 3 is 3.00 bits per heavy atom. The Morgan fingerprint density at radius 1 is 1.64 bits per heavy atom. The van der Waals surface area contributed by atoms with Gasteiger partial charge in [-0.15, -0.1) is 0 Å². The highest BCUT2D eigenvalue weighted by molar-refractivity contribution is 5.04. The van der Waals surface area contributed by atoms with E-state index in [1.807, 2.05) is 13.0 Å². The van der Waals surface area contributed by atoms with Crippen molar-refractivity contribution in [3.05, 3.63) is 24.0 Å². The van der Waals surface area contributed by atoms with Crippen LogP contribution < -0.4 is 11.1 Å². The van der Waals surface area contributed by atoms with E-state index in [9.17, 15) is 0 Å². The van der Waals surface area contributed by atoms with Crippen LogP contribution in [0.15, 0.2) is 18.5 Å². The molecule has 60 valence electrons. The zero-order valence-electron chi connectivity index (χ0n) is 6.49. The van der Waals surface area contributed by atoms with Crippen LogP contribution in [0.5, 0.6) is 0 Å². The van der Waals surface area contributed by atoms with Crippen LogP contribution in [0.1, 0.15) is 12.5 Å². The second-order valence-electron chi connectivity index (χ2n) is 2.42. The van der Waals surface area contributed by atoms with Crippen molar-refractivity contribution in [2.75, 3.05) is 0 Å². The number of nitrogens with zero attached hydrogens (tertiary/aromatic N) is 2. The summed E-state index contributed by atoms with van der Waals surface area (Å²) in [5, 5.41) is 10.5. The molecule has 0 amide bonds.